The van der Waals surface area contributed by atoms with Gasteiger partial charge in [0.1, 0.15) is 11.6 Å². The van der Waals surface area contributed by atoms with Crippen LogP contribution in [0.2, 0.25) is 0 Å². The average molecular weight is 1050 g/mol. The molecular formula is C54H82Br2O2S4. The molecule has 2 aromatic heterocycles. The SMILES string of the molecule is CCCCCCCCCC(CCCCCCC)c1c(Br)sc2c1SC1C2C(=O)C2CC3C(CC21)C(=O)C1c2sc(Br)c(C(CCCCCCC)CCCCCCCCC)c2SC13. The topological polar surface area (TPSA) is 34.1 Å². The van der Waals surface area contributed by atoms with E-state index in [1.165, 1.54) is 207 Å². The third kappa shape index (κ3) is 11.5. The van der Waals surface area contributed by atoms with E-state index in [4.69, 9.17) is 0 Å². The summed E-state index contributed by atoms with van der Waals surface area (Å²) in [6.45, 7) is 9.24. The van der Waals surface area contributed by atoms with Gasteiger partial charge in [-0.15, -0.1) is 46.2 Å². The molecule has 0 radical (unpaired) electrons. The molecule has 4 heterocycles. The first-order valence-corrected chi connectivity index (χ1v) is 31.4. The third-order valence-corrected chi connectivity index (χ3v) is 23.6. The molecule has 10 unspecified atom stereocenters. The van der Waals surface area contributed by atoms with Crippen LogP contribution in [0.15, 0.2) is 17.4 Å². The zero-order chi connectivity index (χ0) is 43.6. The van der Waals surface area contributed by atoms with Gasteiger partial charge in [0.25, 0.3) is 0 Å². The molecule has 0 bridgehead atoms. The molecule has 0 spiro atoms. The van der Waals surface area contributed by atoms with Gasteiger partial charge in [0.15, 0.2) is 0 Å². The van der Waals surface area contributed by atoms with Gasteiger partial charge in [0.2, 0.25) is 0 Å². The monoisotopic (exact) mass is 1050 g/mol. The van der Waals surface area contributed by atoms with E-state index in [2.05, 4.69) is 83.1 Å². The van der Waals surface area contributed by atoms with Crippen LogP contribution in [0.5, 0.6) is 0 Å². The van der Waals surface area contributed by atoms with Gasteiger partial charge in [-0.25, -0.2) is 0 Å². The predicted molar refractivity (Wildman–Crippen MR) is 279 cm³/mol. The molecule has 3 saturated carbocycles. The third-order valence-electron chi connectivity index (χ3n) is 16.2. The molecule has 348 valence electrons. The molecule has 3 fully saturated rings. The second-order valence-corrected chi connectivity index (χ2v) is 27.6. The number of fused-ring (bicyclic) bond motifs is 10. The molecule has 5 aliphatic rings. The molecule has 0 N–H and O–H groups in total. The van der Waals surface area contributed by atoms with Gasteiger partial charge in [-0.05, 0) is 105 Å². The van der Waals surface area contributed by atoms with Crippen molar-refractivity contribution >= 4 is 89.6 Å². The first kappa shape index (κ1) is 50.3. The largest absolute Gasteiger partial charge is 0.299 e. The van der Waals surface area contributed by atoms with E-state index >= 15 is 0 Å². The Morgan fingerprint density at radius 1 is 0.452 bits per heavy atom. The highest BCUT2D eigenvalue weighted by Crippen LogP contribution is 2.69. The van der Waals surface area contributed by atoms with Gasteiger partial charge in [0, 0.05) is 41.9 Å². The minimum absolute atomic E-state index is 0.0404. The fourth-order valence-corrected chi connectivity index (χ4v) is 21.9. The smallest absolute Gasteiger partial charge is 0.145 e. The lowest BCUT2D eigenvalue weighted by atomic mass is 9.70. The average Bonchev–Trinajstić information content (AvgIpc) is 4.08. The molecule has 8 heteroatoms. The van der Waals surface area contributed by atoms with Gasteiger partial charge in [-0.2, -0.15) is 0 Å². The van der Waals surface area contributed by atoms with E-state index in [0.29, 0.717) is 45.7 Å². The lowest BCUT2D eigenvalue weighted by Gasteiger charge is -2.36. The summed E-state index contributed by atoms with van der Waals surface area (Å²) in [5.74, 6) is 3.26. The molecule has 7 rings (SSSR count). The van der Waals surface area contributed by atoms with Gasteiger partial charge in [-0.1, -0.05) is 182 Å². The summed E-state index contributed by atoms with van der Waals surface area (Å²) in [6.07, 6.45) is 39.3. The molecule has 2 aliphatic heterocycles. The van der Waals surface area contributed by atoms with E-state index in [9.17, 15) is 9.59 Å². The number of hydrogen-bond donors (Lipinski definition) is 0. The molecule has 3 aliphatic carbocycles. The summed E-state index contributed by atoms with van der Waals surface area (Å²) >= 11 is 16.3. The van der Waals surface area contributed by atoms with E-state index in [1.54, 1.807) is 11.1 Å². The first-order valence-electron chi connectivity index (χ1n) is 26.4. The number of halogens is 2. The van der Waals surface area contributed by atoms with E-state index in [-0.39, 0.29) is 23.7 Å². The van der Waals surface area contributed by atoms with Crippen LogP contribution >= 0.6 is 78.1 Å². The van der Waals surface area contributed by atoms with Gasteiger partial charge < -0.3 is 0 Å². The highest BCUT2D eigenvalue weighted by atomic mass is 79.9. The Kier molecular flexibility index (Phi) is 20.4. The fourth-order valence-electron chi connectivity index (χ4n) is 12.8. The predicted octanol–water partition coefficient (Wildman–Crippen LogP) is 19.7. The number of ketones is 2. The van der Waals surface area contributed by atoms with Crippen LogP contribution in [0.3, 0.4) is 0 Å². The number of unbranched alkanes of at least 4 members (excludes halogenated alkanes) is 20. The lowest BCUT2D eigenvalue weighted by molar-refractivity contribution is -0.127. The number of carbonyl (C=O) groups is 2. The van der Waals surface area contributed by atoms with Crippen molar-refractivity contribution in [3.63, 3.8) is 0 Å². The molecule has 2 aromatic rings. The van der Waals surface area contributed by atoms with E-state index in [0.717, 1.165) is 12.8 Å². The Bertz CT molecular complexity index is 1610. The number of hydrogen-bond acceptors (Lipinski definition) is 6. The second kappa shape index (κ2) is 25.1. The Balaban J connectivity index is 1.03. The van der Waals surface area contributed by atoms with E-state index in [1.807, 2.05) is 22.7 Å². The van der Waals surface area contributed by atoms with Crippen molar-refractivity contribution in [1.82, 2.24) is 0 Å². The second-order valence-electron chi connectivity index (χ2n) is 20.5. The normalized spacial score (nSPS) is 26.7. The van der Waals surface area contributed by atoms with Crippen LogP contribution in [0.25, 0.3) is 0 Å². The van der Waals surface area contributed by atoms with Crippen LogP contribution < -0.4 is 0 Å². The summed E-state index contributed by atoms with van der Waals surface area (Å²) in [5, 5.41) is 0.656. The van der Waals surface area contributed by atoms with Crippen molar-refractivity contribution in [1.29, 1.82) is 0 Å². The molecule has 10 atom stereocenters. The number of rotatable bonds is 30. The maximum atomic E-state index is 14.8. The molecule has 62 heavy (non-hydrogen) atoms. The van der Waals surface area contributed by atoms with Crippen molar-refractivity contribution in [3.05, 3.63) is 28.5 Å². The van der Waals surface area contributed by atoms with Crippen LogP contribution in [0, 0.1) is 23.7 Å². The zero-order valence-electron chi connectivity index (χ0n) is 39.2. The van der Waals surface area contributed by atoms with Crippen molar-refractivity contribution in [3.8, 4) is 0 Å². The number of thioether (sulfide) groups is 2. The Labute approximate surface area is 412 Å². The summed E-state index contributed by atoms with van der Waals surface area (Å²) in [7, 11) is 0. The van der Waals surface area contributed by atoms with Crippen molar-refractivity contribution in [2.75, 3.05) is 0 Å². The minimum atomic E-state index is 0.0404. The van der Waals surface area contributed by atoms with Gasteiger partial charge in [-0.3, -0.25) is 9.59 Å². The van der Waals surface area contributed by atoms with Crippen LogP contribution in [-0.2, 0) is 9.59 Å². The lowest BCUT2D eigenvalue weighted by Crippen LogP contribution is -2.36. The minimum Gasteiger partial charge on any atom is -0.299 e. The molecular weight excluding hydrogens is 969 g/mol. The first-order chi connectivity index (χ1) is 30.3. The standard InChI is InChI=1S/C54H82Br2O2S4/c1-5-9-13-17-19-23-27-31-35(29-25-21-15-11-7-3)41-49-51(61-53(41)55)43-45(57)37-34-40-38(33-39(37)47(43)59-49)46(58)44-48(40)60-50-42(54(56)62-52(44)50)36(30-26-22-16-12-8-4)32-28-24-20-18-14-10-6-2/h35-40,43-44,47-48H,5-34H2,1-4H3. The summed E-state index contributed by atoms with van der Waals surface area (Å²) in [4.78, 5) is 35.4. The summed E-state index contributed by atoms with van der Waals surface area (Å²) in [6, 6.07) is 0. The van der Waals surface area contributed by atoms with Crippen molar-refractivity contribution in [2.45, 2.75) is 264 Å². The highest BCUT2D eigenvalue weighted by molar-refractivity contribution is 9.11. The van der Waals surface area contributed by atoms with Crippen LogP contribution in [0.4, 0.5) is 0 Å². The van der Waals surface area contributed by atoms with Crippen LogP contribution in [0.1, 0.15) is 265 Å². The number of thiophene rings is 2. The molecule has 2 nitrogen and oxygen atoms in total. The van der Waals surface area contributed by atoms with Crippen molar-refractivity contribution < 1.29 is 9.59 Å². The molecule has 0 aromatic carbocycles. The van der Waals surface area contributed by atoms with Crippen LogP contribution in [-0.4, -0.2) is 22.1 Å². The van der Waals surface area contributed by atoms with Gasteiger partial charge in [0.05, 0.1) is 19.4 Å². The molecule has 0 saturated heterocycles. The Hall–Kier alpha value is 0.400. The van der Waals surface area contributed by atoms with E-state index < -0.39 is 0 Å². The maximum absolute atomic E-state index is 14.8. The Morgan fingerprint density at radius 3 is 1.05 bits per heavy atom. The summed E-state index contributed by atoms with van der Waals surface area (Å²) < 4.78 is 2.63. The van der Waals surface area contributed by atoms with Gasteiger partial charge >= 0.3 is 0 Å². The Morgan fingerprint density at radius 2 is 0.742 bits per heavy atom. The number of Topliss-reactive ketones (excluding diaryl/α,β-unsaturated/α-hetero) is 2. The maximum Gasteiger partial charge on any atom is 0.145 e. The fraction of sp³-hybridized carbons (Fsp3) is 0.815. The quantitative estimate of drug-likeness (QED) is 0.0730. The zero-order valence-corrected chi connectivity index (χ0v) is 45.6. The highest BCUT2D eigenvalue weighted by Gasteiger charge is 2.65. The number of carbonyl (C=O) groups excluding carboxylic acids is 2. The summed E-state index contributed by atoms with van der Waals surface area (Å²) in [5.41, 5.74) is 3.12. The van der Waals surface area contributed by atoms with Crippen molar-refractivity contribution in [2.24, 2.45) is 23.7 Å². The molecule has 0 amide bonds.